The van der Waals surface area contributed by atoms with Gasteiger partial charge in [-0.2, -0.15) is 5.06 Å². The molecule has 0 spiro atoms. The van der Waals surface area contributed by atoms with Gasteiger partial charge in [-0.3, -0.25) is 24.0 Å². The molecule has 0 N–H and O–H groups in total. The predicted molar refractivity (Wildman–Crippen MR) is 223 cm³/mol. The lowest BCUT2D eigenvalue weighted by atomic mass is 9.83. The Morgan fingerprint density at radius 3 is 1.23 bits per heavy atom. The molecule has 3 rings (SSSR count). The summed E-state index contributed by atoms with van der Waals surface area (Å²) in [5, 5.41) is 2.07. The van der Waals surface area contributed by atoms with Crippen molar-refractivity contribution in [3.63, 3.8) is 0 Å². The normalized spacial score (nSPS) is 21.5. The van der Waals surface area contributed by atoms with E-state index < -0.39 is 0 Å². The fourth-order valence-corrected chi connectivity index (χ4v) is 7.43. The van der Waals surface area contributed by atoms with Gasteiger partial charge in [0.15, 0.2) is 0 Å². The summed E-state index contributed by atoms with van der Waals surface area (Å²) in [6.07, 6.45) is 16.8. The molecule has 0 aromatic rings. The molecule has 0 bridgehead atoms. The number of hydrogen-bond donors (Lipinski definition) is 0. The van der Waals surface area contributed by atoms with E-state index >= 15 is 0 Å². The molecule has 0 radical (unpaired) electrons. The Morgan fingerprint density at radius 2 is 0.860 bits per heavy atom. The molecule has 2 saturated carbocycles. The summed E-state index contributed by atoms with van der Waals surface area (Å²) in [7, 11) is 8.21. The van der Waals surface area contributed by atoms with E-state index in [0.29, 0.717) is 88.9 Å². The first-order valence-corrected chi connectivity index (χ1v) is 22.5. The third kappa shape index (κ3) is 26.4. The highest BCUT2D eigenvalue weighted by atomic mass is 16.7. The largest absolute Gasteiger partial charge is 0.465 e. The molecule has 0 unspecified atom stereocenters. The number of likely N-dealkylation sites (N-methyl/N-ethyl adjacent to an activating group) is 1. The SMILES string of the molecule is CCCC(=O)OCC1CCC(COC(=O)CCN(C)CCCN(C)C)CC1.CCCC(=O)OCC1CCC(COC(=O)CCN(C)CCON2CCCCC2)CC1. The minimum absolute atomic E-state index is 0.0831. The van der Waals surface area contributed by atoms with Gasteiger partial charge in [-0.05, 0) is 148 Å². The van der Waals surface area contributed by atoms with Crippen molar-refractivity contribution in [3.05, 3.63) is 0 Å². The highest BCUT2D eigenvalue weighted by Crippen LogP contribution is 2.30. The Kier molecular flexibility index (Phi) is 28.2. The lowest BCUT2D eigenvalue weighted by Crippen LogP contribution is -2.34. The van der Waals surface area contributed by atoms with Crippen molar-refractivity contribution in [2.45, 2.75) is 129 Å². The maximum absolute atomic E-state index is 12.1. The van der Waals surface area contributed by atoms with E-state index in [4.69, 9.17) is 23.8 Å². The molecule has 332 valence electrons. The van der Waals surface area contributed by atoms with Crippen LogP contribution in [-0.2, 0) is 43.0 Å². The van der Waals surface area contributed by atoms with Crippen LogP contribution in [0.2, 0.25) is 0 Å². The molecule has 0 aromatic heterocycles. The van der Waals surface area contributed by atoms with Crippen LogP contribution in [0.1, 0.15) is 129 Å². The smallest absolute Gasteiger partial charge is 0.307 e. The molecule has 0 atom stereocenters. The van der Waals surface area contributed by atoms with Crippen LogP contribution in [0.4, 0.5) is 0 Å². The second kappa shape index (κ2) is 31.6. The van der Waals surface area contributed by atoms with E-state index in [0.717, 1.165) is 110 Å². The fourth-order valence-electron chi connectivity index (χ4n) is 7.43. The summed E-state index contributed by atoms with van der Waals surface area (Å²) in [4.78, 5) is 59.2. The van der Waals surface area contributed by atoms with Gasteiger partial charge in [0.2, 0.25) is 0 Å². The number of carbonyl (C=O) groups is 4. The Morgan fingerprint density at radius 1 is 0.491 bits per heavy atom. The maximum atomic E-state index is 12.1. The summed E-state index contributed by atoms with van der Waals surface area (Å²) in [6.45, 7) is 13.2. The van der Waals surface area contributed by atoms with E-state index in [2.05, 4.69) is 40.9 Å². The summed E-state index contributed by atoms with van der Waals surface area (Å²) >= 11 is 0. The number of piperidine rings is 1. The Labute approximate surface area is 346 Å². The van der Waals surface area contributed by atoms with E-state index in [9.17, 15) is 19.2 Å². The van der Waals surface area contributed by atoms with Crippen LogP contribution in [0.25, 0.3) is 0 Å². The van der Waals surface area contributed by atoms with Gasteiger partial charge in [-0.15, -0.1) is 0 Å². The molecular weight excluding hydrogens is 729 g/mol. The zero-order valence-corrected chi connectivity index (χ0v) is 37.0. The molecule has 2 aliphatic carbocycles. The third-order valence-corrected chi connectivity index (χ3v) is 11.4. The molecule has 0 amide bonds. The van der Waals surface area contributed by atoms with Gasteiger partial charge in [0.05, 0.1) is 45.9 Å². The Balaban J connectivity index is 0.000000396. The van der Waals surface area contributed by atoms with Crippen LogP contribution in [0.5, 0.6) is 0 Å². The van der Waals surface area contributed by atoms with Gasteiger partial charge in [0.25, 0.3) is 0 Å². The molecule has 1 saturated heterocycles. The zero-order chi connectivity index (χ0) is 41.7. The molecule has 13 nitrogen and oxygen atoms in total. The van der Waals surface area contributed by atoms with Crippen LogP contribution < -0.4 is 0 Å². The molecule has 3 fully saturated rings. The molecule has 3 aliphatic rings. The summed E-state index contributed by atoms with van der Waals surface area (Å²) in [6, 6.07) is 0. The van der Waals surface area contributed by atoms with Crippen molar-refractivity contribution in [2.24, 2.45) is 23.7 Å². The van der Waals surface area contributed by atoms with Crippen LogP contribution >= 0.6 is 0 Å². The van der Waals surface area contributed by atoms with Crippen LogP contribution in [-0.4, -0.2) is 151 Å². The standard InChI is InChI=1S/C23H42N2O5.C21H40N2O4/c1-3-7-22(26)28-18-20-8-10-21(11-9-20)19-29-23(27)12-15-24(2)16-17-30-25-13-5-4-6-14-25;1-5-7-20(24)26-16-18-8-10-19(11-9-18)17-27-21(25)12-15-23(4)14-6-13-22(2)3/h20-21H,3-19H2,1-2H3;18-19H,5-17H2,1-4H3. The van der Waals surface area contributed by atoms with Crippen molar-refractivity contribution >= 4 is 23.9 Å². The quantitative estimate of drug-likeness (QED) is 0.0710. The molecule has 0 aromatic carbocycles. The molecular formula is C44H82N4O9. The van der Waals surface area contributed by atoms with Crippen molar-refractivity contribution < 1.29 is 43.0 Å². The van der Waals surface area contributed by atoms with Crippen molar-refractivity contribution in [3.8, 4) is 0 Å². The fraction of sp³-hybridized carbons (Fsp3) is 0.909. The Hall–Kier alpha value is -2.32. The maximum Gasteiger partial charge on any atom is 0.307 e. The number of esters is 4. The van der Waals surface area contributed by atoms with Gasteiger partial charge < -0.3 is 33.6 Å². The lowest BCUT2D eigenvalue weighted by Gasteiger charge is -2.28. The number of carbonyl (C=O) groups excluding carboxylic acids is 4. The van der Waals surface area contributed by atoms with E-state index in [1.54, 1.807) is 0 Å². The van der Waals surface area contributed by atoms with Crippen LogP contribution in [0.3, 0.4) is 0 Å². The average Bonchev–Trinajstić information content (AvgIpc) is 3.20. The summed E-state index contributed by atoms with van der Waals surface area (Å²) in [5.41, 5.74) is 0. The number of hydroxylamine groups is 2. The average molecular weight is 811 g/mol. The number of nitrogens with zero attached hydrogens (tertiary/aromatic N) is 4. The summed E-state index contributed by atoms with van der Waals surface area (Å²) < 4.78 is 21.6. The van der Waals surface area contributed by atoms with Gasteiger partial charge in [-0.25, -0.2) is 0 Å². The number of hydrogen-bond acceptors (Lipinski definition) is 13. The van der Waals surface area contributed by atoms with Crippen LogP contribution in [0, 0.1) is 23.7 Å². The zero-order valence-electron chi connectivity index (χ0n) is 37.0. The molecule has 1 heterocycles. The van der Waals surface area contributed by atoms with Gasteiger partial charge >= 0.3 is 23.9 Å². The number of ether oxygens (including phenoxy) is 4. The van der Waals surface area contributed by atoms with Crippen LogP contribution in [0.15, 0.2) is 0 Å². The van der Waals surface area contributed by atoms with Crippen molar-refractivity contribution in [1.82, 2.24) is 19.8 Å². The van der Waals surface area contributed by atoms with E-state index in [-0.39, 0.29) is 23.9 Å². The minimum Gasteiger partial charge on any atom is -0.465 e. The van der Waals surface area contributed by atoms with E-state index in [1.807, 2.05) is 20.9 Å². The van der Waals surface area contributed by atoms with Crippen molar-refractivity contribution in [2.75, 3.05) is 107 Å². The Bertz CT molecular complexity index is 1070. The highest BCUT2D eigenvalue weighted by molar-refractivity contribution is 5.70. The predicted octanol–water partition coefficient (Wildman–Crippen LogP) is 6.37. The first-order valence-electron chi connectivity index (χ1n) is 22.5. The monoisotopic (exact) mass is 811 g/mol. The topological polar surface area (TPSA) is 127 Å². The highest BCUT2D eigenvalue weighted by Gasteiger charge is 2.25. The van der Waals surface area contributed by atoms with Gasteiger partial charge in [0.1, 0.15) is 0 Å². The van der Waals surface area contributed by atoms with Crippen molar-refractivity contribution in [1.29, 1.82) is 0 Å². The van der Waals surface area contributed by atoms with Gasteiger partial charge in [0, 0.05) is 45.6 Å². The minimum atomic E-state index is -0.116. The number of rotatable bonds is 26. The third-order valence-electron chi connectivity index (χ3n) is 11.4. The first kappa shape index (κ1) is 50.8. The van der Waals surface area contributed by atoms with Gasteiger partial charge in [-0.1, -0.05) is 20.3 Å². The van der Waals surface area contributed by atoms with E-state index in [1.165, 1.54) is 19.3 Å². The molecule has 13 heteroatoms. The molecule has 57 heavy (non-hydrogen) atoms. The second-order valence-electron chi connectivity index (χ2n) is 17.1. The second-order valence-corrected chi connectivity index (χ2v) is 17.1. The first-order chi connectivity index (χ1) is 27.5. The molecule has 1 aliphatic heterocycles. The summed E-state index contributed by atoms with van der Waals surface area (Å²) in [5.74, 6) is 1.44. The lowest BCUT2D eigenvalue weighted by molar-refractivity contribution is -0.170.